The monoisotopic (exact) mass is 379 g/mol. The Kier molecular flexibility index (Phi) is 4.43. The van der Waals surface area contributed by atoms with E-state index in [4.69, 9.17) is 0 Å². The van der Waals surface area contributed by atoms with E-state index in [1.54, 1.807) is 12.1 Å². The Morgan fingerprint density at radius 3 is 1.67 bits per heavy atom. The van der Waals surface area contributed by atoms with Gasteiger partial charge in [0, 0.05) is 16.5 Å². The normalized spacial score (nSPS) is 12.1. The molecule has 138 valence electrons. The molecule has 0 atom stereocenters. The van der Waals surface area contributed by atoms with Gasteiger partial charge >= 0.3 is 7.60 Å². The summed E-state index contributed by atoms with van der Waals surface area (Å²) in [4.78, 5) is 18.7. The third-order valence-corrected chi connectivity index (χ3v) is 6.13. The number of benzene rings is 3. The van der Waals surface area contributed by atoms with E-state index in [-0.39, 0.29) is 5.30 Å². The van der Waals surface area contributed by atoms with E-state index in [9.17, 15) is 14.4 Å². The Morgan fingerprint density at radius 1 is 0.778 bits per heavy atom. The highest BCUT2D eigenvalue weighted by Crippen LogP contribution is 2.36. The fourth-order valence-corrected chi connectivity index (χ4v) is 4.17. The van der Waals surface area contributed by atoms with Crippen LogP contribution in [0.4, 0.5) is 0 Å². The first kappa shape index (κ1) is 18.0. The molecule has 0 saturated carbocycles. The molecule has 0 amide bonds. The molecule has 0 aliphatic rings. The molecule has 0 aliphatic heterocycles. The first-order valence-corrected chi connectivity index (χ1v) is 10.8. The second-order valence-corrected chi connectivity index (χ2v) is 8.41. The summed E-state index contributed by atoms with van der Waals surface area (Å²) >= 11 is 0. The van der Waals surface area contributed by atoms with Crippen molar-refractivity contribution in [3.8, 4) is 5.69 Å². The maximum absolute atomic E-state index is 11.5. The predicted molar refractivity (Wildman–Crippen MR) is 111 cm³/mol. The van der Waals surface area contributed by atoms with Crippen molar-refractivity contribution < 1.29 is 14.4 Å². The van der Waals surface area contributed by atoms with E-state index in [0.29, 0.717) is 0 Å². The third-order valence-electron chi connectivity index (χ3n) is 5.15. The topological polar surface area (TPSA) is 62.5 Å². The van der Waals surface area contributed by atoms with Gasteiger partial charge in [-0.2, -0.15) is 0 Å². The van der Waals surface area contributed by atoms with E-state index in [2.05, 4.69) is 54.8 Å². The fraction of sp³-hybridized carbons (Fsp3) is 0.182. The minimum atomic E-state index is -4.24. The lowest BCUT2D eigenvalue weighted by Crippen LogP contribution is -2.04. The van der Waals surface area contributed by atoms with Gasteiger partial charge < -0.3 is 14.4 Å². The van der Waals surface area contributed by atoms with Crippen LogP contribution in [0.2, 0.25) is 0 Å². The Bertz CT molecular complexity index is 1120. The highest BCUT2D eigenvalue weighted by molar-refractivity contribution is 7.60. The molecule has 1 heterocycles. The van der Waals surface area contributed by atoms with Gasteiger partial charge in [-0.1, -0.05) is 26.0 Å². The molecule has 5 heteroatoms. The van der Waals surface area contributed by atoms with Gasteiger partial charge in [0.1, 0.15) is 0 Å². The first-order valence-electron chi connectivity index (χ1n) is 9.15. The molecule has 0 fully saturated rings. The molecule has 4 nitrogen and oxygen atoms in total. The van der Waals surface area contributed by atoms with Crippen molar-refractivity contribution in [1.82, 2.24) is 4.57 Å². The molecule has 4 aromatic rings. The summed E-state index contributed by atoms with van der Waals surface area (Å²) in [6, 6.07) is 19.6. The van der Waals surface area contributed by atoms with Gasteiger partial charge in [-0.15, -0.1) is 0 Å². The molecule has 0 unspecified atom stereocenters. The zero-order valence-corrected chi connectivity index (χ0v) is 16.3. The maximum atomic E-state index is 11.5. The second-order valence-electron chi connectivity index (χ2n) is 6.81. The predicted octanol–water partition coefficient (Wildman–Crippen LogP) is 4.71. The van der Waals surface area contributed by atoms with Gasteiger partial charge in [0.25, 0.3) is 0 Å². The molecular formula is C22H22NO3P. The standard InChI is InChI=1S/C22H22NO3P/c1-3-15-5-11-21-19(13-15)20-14-16(4-2)6-12-22(20)23(21)17-7-9-18(10-8-17)27(24,25)26/h5-14H,3-4H2,1-2H3,(H2,24,25,26). The zero-order valence-electron chi connectivity index (χ0n) is 15.4. The van der Waals surface area contributed by atoms with Gasteiger partial charge in [0.2, 0.25) is 0 Å². The summed E-state index contributed by atoms with van der Waals surface area (Å²) in [5.74, 6) is 0. The summed E-state index contributed by atoms with van der Waals surface area (Å²) in [6.07, 6.45) is 1.96. The first-order chi connectivity index (χ1) is 12.9. The Morgan fingerprint density at radius 2 is 1.26 bits per heavy atom. The van der Waals surface area contributed by atoms with Crippen molar-refractivity contribution in [2.75, 3.05) is 0 Å². The number of hydrogen-bond acceptors (Lipinski definition) is 1. The molecule has 0 spiro atoms. The number of aromatic nitrogens is 1. The summed E-state index contributed by atoms with van der Waals surface area (Å²) in [6.45, 7) is 4.30. The molecule has 0 saturated heterocycles. The third kappa shape index (κ3) is 3.10. The van der Waals surface area contributed by atoms with Crippen LogP contribution in [0.1, 0.15) is 25.0 Å². The minimum absolute atomic E-state index is 0.0357. The molecule has 27 heavy (non-hydrogen) atoms. The number of hydrogen-bond donors (Lipinski definition) is 2. The summed E-state index contributed by atoms with van der Waals surface area (Å²) in [5, 5.41) is 2.45. The van der Waals surface area contributed by atoms with Crippen LogP contribution in [0.15, 0.2) is 60.7 Å². The SMILES string of the molecule is CCc1ccc2c(c1)c1cc(CC)ccc1n2-c1ccc(P(=O)(O)O)cc1. The average molecular weight is 379 g/mol. The van der Waals surface area contributed by atoms with E-state index < -0.39 is 7.60 Å². The molecular weight excluding hydrogens is 357 g/mol. The lowest BCUT2D eigenvalue weighted by Gasteiger charge is -2.10. The smallest absolute Gasteiger partial charge is 0.321 e. The van der Waals surface area contributed by atoms with Gasteiger partial charge in [-0.25, -0.2) is 0 Å². The Labute approximate surface area is 158 Å². The van der Waals surface area contributed by atoms with Crippen LogP contribution in [-0.4, -0.2) is 14.4 Å². The van der Waals surface area contributed by atoms with Crippen LogP contribution in [0, 0.1) is 0 Å². The molecule has 0 radical (unpaired) electrons. The van der Waals surface area contributed by atoms with Gasteiger partial charge in [-0.05, 0) is 72.5 Å². The van der Waals surface area contributed by atoms with Crippen LogP contribution < -0.4 is 5.30 Å². The van der Waals surface area contributed by atoms with Gasteiger partial charge in [0.15, 0.2) is 0 Å². The van der Waals surface area contributed by atoms with Crippen LogP contribution in [0.3, 0.4) is 0 Å². The number of fused-ring (bicyclic) bond motifs is 3. The van der Waals surface area contributed by atoms with Crippen LogP contribution in [0.5, 0.6) is 0 Å². The van der Waals surface area contributed by atoms with E-state index in [1.165, 1.54) is 34.0 Å². The van der Waals surface area contributed by atoms with Crippen molar-refractivity contribution >= 4 is 34.7 Å². The average Bonchev–Trinajstić information content (AvgIpc) is 3.00. The minimum Gasteiger partial charge on any atom is -0.321 e. The Hall–Kier alpha value is -2.39. The number of aryl methyl sites for hydroxylation is 2. The molecule has 2 N–H and O–H groups in total. The largest absolute Gasteiger partial charge is 0.356 e. The van der Waals surface area contributed by atoms with E-state index in [0.717, 1.165) is 29.6 Å². The highest BCUT2D eigenvalue weighted by atomic mass is 31.2. The molecule has 1 aromatic heterocycles. The van der Waals surface area contributed by atoms with Crippen molar-refractivity contribution in [3.05, 3.63) is 71.8 Å². The molecule has 4 rings (SSSR count). The zero-order chi connectivity index (χ0) is 19.2. The fourth-order valence-electron chi connectivity index (χ4n) is 3.63. The van der Waals surface area contributed by atoms with Crippen molar-refractivity contribution in [3.63, 3.8) is 0 Å². The highest BCUT2D eigenvalue weighted by Gasteiger charge is 2.18. The van der Waals surface area contributed by atoms with Gasteiger partial charge in [0.05, 0.1) is 16.3 Å². The number of rotatable bonds is 4. The van der Waals surface area contributed by atoms with Crippen LogP contribution in [-0.2, 0) is 17.4 Å². The summed E-state index contributed by atoms with van der Waals surface area (Å²) in [5.41, 5.74) is 5.67. The molecule has 0 bridgehead atoms. The quantitative estimate of drug-likeness (QED) is 0.505. The lowest BCUT2D eigenvalue weighted by molar-refractivity contribution is 0.387. The lowest BCUT2D eigenvalue weighted by atomic mass is 10.1. The number of nitrogens with zero attached hydrogens (tertiary/aromatic N) is 1. The van der Waals surface area contributed by atoms with Crippen molar-refractivity contribution in [2.24, 2.45) is 0 Å². The van der Waals surface area contributed by atoms with Gasteiger partial charge in [-0.3, -0.25) is 4.57 Å². The van der Waals surface area contributed by atoms with E-state index in [1.807, 2.05) is 0 Å². The summed E-state index contributed by atoms with van der Waals surface area (Å²) < 4.78 is 13.6. The van der Waals surface area contributed by atoms with E-state index >= 15 is 0 Å². The van der Waals surface area contributed by atoms with Crippen LogP contribution >= 0.6 is 7.60 Å². The summed E-state index contributed by atoms with van der Waals surface area (Å²) in [7, 11) is -4.24. The second kappa shape index (κ2) is 6.65. The molecule has 0 aliphatic carbocycles. The van der Waals surface area contributed by atoms with Crippen molar-refractivity contribution in [2.45, 2.75) is 26.7 Å². The maximum Gasteiger partial charge on any atom is 0.356 e. The van der Waals surface area contributed by atoms with Crippen LogP contribution in [0.25, 0.3) is 27.5 Å². The Balaban J connectivity index is 2.02. The van der Waals surface area contributed by atoms with Crippen molar-refractivity contribution in [1.29, 1.82) is 0 Å². The molecule has 3 aromatic carbocycles.